The average molecular weight is 375 g/mol. The summed E-state index contributed by atoms with van der Waals surface area (Å²) in [6.07, 6.45) is 20.6. The average Bonchev–Trinajstić information content (AvgIpc) is 2.66. The second kappa shape index (κ2) is 16.8. The van der Waals surface area contributed by atoms with E-state index < -0.39 is 0 Å². The zero-order valence-electron chi connectivity index (χ0n) is 17.9. The third-order valence-electron chi connectivity index (χ3n) is 5.24. The van der Waals surface area contributed by atoms with E-state index in [0.717, 1.165) is 12.8 Å². The zero-order chi connectivity index (χ0) is 19.6. The van der Waals surface area contributed by atoms with Gasteiger partial charge < -0.3 is 4.74 Å². The minimum absolute atomic E-state index is 0.103. The number of aryl methyl sites for hydroxylation is 1. The van der Waals surface area contributed by atoms with Crippen molar-refractivity contribution in [2.24, 2.45) is 0 Å². The summed E-state index contributed by atoms with van der Waals surface area (Å²) >= 11 is 0. The lowest BCUT2D eigenvalue weighted by molar-refractivity contribution is -0.134. The lowest BCUT2D eigenvalue weighted by atomic mass is 10.0. The van der Waals surface area contributed by atoms with Gasteiger partial charge in [0, 0.05) is 6.42 Å². The van der Waals surface area contributed by atoms with Crippen LogP contribution in [0, 0.1) is 6.92 Å². The van der Waals surface area contributed by atoms with Gasteiger partial charge in [0.05, 0.1) is 0 Å². The molecule has 1 aromatic carbocycles. The van der Waals surface area contributed by atoms with Gasteiger partial charge in [-0.25, -0.2) is 0 Å². The Balaban J connectivity index is 1.81. The maximum absolute atomic E-state index is 11.8. The summed E-state index contributed by atoms with van der Waals surface area (Å²) < 4.78 is 5.35. The molecule has 0 spiro atoms. The summed E-state index contributed by atoms with van der Waals surface area (Å²) in [5.41, 5.74) is 1.18. The van der Waals surface area contributed by atoms with Gasteiger partial charge in [-0.05, 0) is 25.5 Å². The van der Waals surface area contributed by atoms with Gasteiger partial charge in [0.2, 0.25) is 0 Å². The summed E-state index contributed by atoms with van der Waals surface area (Å²) in [4.78, 5) is 11.8. The lowest BCUT2D eigenvalue weighted by Gasteiger charge is -2.05. The molecular formula is C25H42O2. The second-order valence-electron chi connectivity index (χ2n) is 7.99. The standard InChI is InChI=1S/C25H42O2/c1-3-4-5-6-7-8-9-10-11-12-13-14-15-16-17-18-25(26)27-24-21-19-23(2)20-22-24/h19-22H,3-18H2,1-2H3. The van der Waals surface area contributed by atoms with Crippen LogP contribution in [0.4, 0.5) is 0 Å². The van der Waals surface area contributed by atoms with Gasteiger partial charge in [0.25, 0.3) is 0 Å². The summed E-state index contributed by atoms with van der Waals surface area (Å²) in [6, 6.07) is 7.66. The molecule has 0 heterocycles. The molecule has 2 heteroatoms. The Kier molecular flexibility index (Phi) is 14.8. The van der Waals surface area contributed by atoms with Gasteiger partial charge in [-0.3, -0.25) is 4.79 Å². The highest BCUT2D eigenvalue weighted by atomic mass is 16.5. The van der Waals surface area contributed by atoms with Crippen molar-refractivity contribution in [2.45, 2.75) is 117 Å². The largest absolute Gasteiger partial charge is 0.427 e. The van der Waals surface area contributed by atoms with E-state index in [-0.39, 0.29) is 5.97 Å². The fourth-order valence-electron chi connectivity index (χ4n) is 3.43. The van der Waals surface area contributed by atoms with E-state index in [1.807, 2.05) is 31.2 Å². The Labute approximate surface area is 168 Å². The van der Waals surface area contributed by atoms with Crippen LogP contribution in [0.1, 0.15) is 115 Å². The van der Waals surface area contributed by atoms with Crippen LogP contribution < -0.4 is 4.74 Å². The number of carbonyl (C=O) groups excluding carboxylic acids is 1. The molecule has 0 saturated carbocycles. The molecule has 0 unspecified atom stereocenters. The van der Waals surface area contributed by atoms with Crippen molar-refractivity contribution >= 4 is 5.97 Å². The molecule has 154 valence electrons. The molecule has 0 N–H and O–H groups in total. The van der Waals surface area contributed by atoms with Crippen molar-refractivity contribution in [3.05, 3.63) is 29.8 Å². The highest BCUT2D eigenvalue weighted by Crippen LogP contribution is 2.15. The molecule has 0 aliphatic heterocycles. The smallest absolute Gasteiger partial charge is 0.311 e. The molecule has 27 heavy (non-hydrogen) atoms. The van der Waals surface area contributed by atoms with Crippen LogP contribution in [0.3, 0.4) is 0 Å². The third kappa shape index (κ3) is 14.4. The maximum atomic E-state index is 11.8. The van der Waals surface area contributed by atoms with Crippen LogP contribution in [0.2, 0.25) is 0 Å². The fraction of sp³-hybridized carbons (Fsp3) is 0.720. The maximum Gasteiger partial charge on any atom is 0.311 e. The second-order valence-corrected chi connectivity index (χ2v) is 7.99. The van der Waals surface area contributed by atoms with Gasteiger partial charge >= 0.3 is 5.97 Å². The molecule has 0 aliphatic rings. The molecule has 1 aromatic rings. The van der Waals surface area contributed by atoms with Crippen molar-refractivity contribution in [1.29, 1.82) is 0 Å². The van der Waals surface area contributed by atoms with Crippen molar-refractivity contribution < 1.29 is 9.53 Å². The molecule has 0 saturated heterocycles. The topological polar surface area (TPSA) is 26.3 Å². The molecule has 2 nitrogen and oxygen atoms in total. The molecule has 0 aromatic heterocycles. The highest BCUT2D eigenvalue weighted by molar-refractivity contribution is 5.72. The minimum atomic E-state index is -0.103. The quantitative estimate of drug-likeness (QED) is 0.156. The monoisotopic (exact) mass is 374 g/mol. The van der Waals surface area contributed by atoms with Crippen molar-refractivity contribution in [3.63, 3.8) is 0 Å². The van der Waals surface area contributed by atoms with Crippen LogP contribution in [-0.2, 0) is 4.79 Å². The molecule has 0 aliphatic carbocycles. The summed E-state index contributed by atoms with van der Waals surface area (Å²) in [7, 11) is 0. The minimum Gasteiger partial charge on any atom is -0.427 e. The number of hydrogen-bond acceptors (Lipinski definition) is 2. The number of unbranched alkanes of at least 4 members (excludes halogenated alkanes) is 14. The normalized spacial score (nSPS) is 10.9. The number of esters is 1. The Morgan fingerprint density at radius 3 is 1.52 bits per heavy atom. The van der Waals surface area contributed by atoms with E-state index in [2.05, 4.69) is 6.92 Å². The Morgan fingerprint density at radius 1 is 0.667 bits per heavy atom. The molecule has 0 amide bonds. The molecule has 0 radical (unpaired) electrons. The van der Waals surface area contributed by atoms with Gasteiger partial charge in [-0.2, -0.15) is 0 Å². The van der Waals surface area contributed by atoms with Crippen molar-refractivity contribution in [2.75, 3.05) is 0 Å². The number of hydrogen-bond donors (Lipinski definition) is 0. The van der Waals surface area contributed by atoms with Gasteiger partial charge in [-0.15, -0.1) is 0 Å². The first-order chi connectivity index (χ1) is 13.2. The number of benzene rings is 1. The van der Waals surface area contributed by atoms with Gasteiger partial charge in [-0.1, -0.05) is 115 Å². The van der Waals surface area contributed by atoms with Crippen LogP contribution in [-0.4, -0.2) is 5.97 Å². The van der Waals surface area contributed by atoms with Crippen molar-refractivity contribution in [1.82, 2.24) is 0 Å². The van der Waals surface area contributed by atoms with E-state index in [1.165, 1.54) is 89.0 Å². The zero-order valence-corrected chi connectivity index (χ0v) is 17.9. The molecular weight excluding hydrogens is 332 g/mol. The molecule has 0 atom stereocenters. The number of rotatable bonds is 17. The summed E-state index contributed by atoms with van der Waals surface area (Å²) in [5.74, 6) is 0.556. The van der Waals surface area contributed by atoms with E-state index >= 15 is 0 Å². The first kappa shape index (κ1) is 23.7. The highest BCUT2D eigenvalue weighted by Gasteiger charge is 2.04. The first-order valence-electron chi connectivity index (χ1n) is 11.5. The van der Waals surface area contributed by atoms with Crippen molar-refractivity contribution in [3.8, 4) is 5.75 Å². The molecule has 0 bridgehead atoms. The predicted molar refractivity (Wildman–Crippen MR) is 116 cm³/mol. The van der Waals surface area contributed by atoms with E-state index in [4.69, 9.17) is 4.74 Å². The van der Waals surface area contributed by atoms with E-state index in [1.54, 1.807) is 0 Å². The Hall–Kier alpha value is -1.31. The van der Waals surface area contributed by atoms with E-state index in [0.29, 0.717) is 12.2 Å². The van der Waals surface area contributed by atoms with Crippen LogP contribution >= 0.6 is 0 Å². The number of ether oxygens (including phenoxy) is 1. The molecule has 1 rings (SSSR count). The van der Waals surface area contributed by atoms with Gasteiger partial charge in [0.15, 0.2) is 0 Å². The Bertz CT molecular complexity index is 464. The number of carbonyl (C=O) groups is 1. The Morgan fingerprint density at radius 2 is 1.07 bits per heavy atom. The van der Waals surface area contributed by atoms with Gasteiger partial charge in [0.1, 0.15) is 5.75 Å². The van der Waals surface area contributed by atoms with Crippen LogP contribution in [0.15, 0.2) is 24.3 Å². The van der Waals surface area contributed by atoms with E-state index in [9.17, 15) is 4.79 Å². The summed E-state index contributed by atoms with van der Waals surface area (Å²) in [6.45, 7) is 4.31. The first-order valence-corrected chi connectivity index (χ1v) is 11.5. The van der Waals surface area contributed by atoms with Crippen LogP contribution in [0.5, 0.6) is 5.75 Å². The lowest BCUT2D eigenvalue weighted by Crippen LogP contribution is -2.07. The predicted octanol–water partition coefficient (Wildman–Crippen LogP) is 8.16. The molecule has 0 fully saturated rings. The third-order valence-corrected chi connectivity index (χ3v) is 5.24. The fourth-order valence-corrected chi connectivity index (χ4v) is 3.43. The van der Waals surface area contributed by atoms with Crippen LogP contribution in [0.25, 0.3) is 0 Å². The SMILES string of the molecule is CCCCCCCCCCCCCCCCCC(=O)Oc1ccc(C)cc1. The summed E-state index contributed by atoms with van der Waals surface area (Å²) in [5, 5.41) is 0.